The van der Waals surface area contributed by atoms with Crippen molar-refractivity contribution in [2.75, 3.05) is 16.5 Å². The Morgan fingerprint density at radius 2 is 1.05 bits per heavy atom. The third-order valence-corrected chi connectivity index (χ3v) is 18.9. The maximum atomic E-state index is 7.27. The topological polar surface area (TPSA) is 38.5 Å². The Kier molecular flexibility index (Phi) is 10.3. The van der Waals surface area contributed by atoms with Gasteiger partial charge in [0.05, 0.1) is 50.5 Å². The smallest absolute Gasteiger partial charge is 0.137 e. The van der Waals surface area contributed by atoms with Gasteiger partial charge in [-0.25, -0.2) is 4.98 Å². The Morgan fingerprint density at radius 1 is 0.427 bits per heavy atom. The van der Waals surface area contributed by atoms with Crippen LogP contribution in [0.3, 0.4) is 0 Å². The molecule has 0 aliphatic carbocycles. The molecule has 3 aromatic heterocycles. The minimum absolute atomic E-state index is 0.0917. The van der Waals surface area contributed by atoms with E-state index in [0.717, 1.165) is 45.1 Å². The number of rotatable bonds is 6. The molecule has 16 rings (SSSR count). The van der Waals surface area contributed by atoms with E-state index in [1.165, 1.54) is 105 Å². The van der Waals surface area contributed by atoms with Crippen LogP contribution in [0.15, 0.2) is 231 Å². The van der Waals surface area contributed by atoms with Gasteiger partial charge in [-0.15, -0.1) is 0 Å². The lowest BCUT2D eigenvalue weighted by atomic mass is 9.61. The van der Waals surface area contributed by atoms with Gasteiger partial charge in [-0.3, -0.25) is 4.57 Å². The van der Waals surface area contributed by atoms with Crippen LogP contribution in [0.2, 0.25) is 0 Å². The summed E-state index contributed by atoms with van der Waals surface area (Å²) in [4.78, 5) is 10.3. The highest BCUT2D eigenvalue weighted by Gasteiger charge is 2.49. The molecule has 6 nitrogen and oxygen atoms in total. The van der Waals surface area contributed by atoms with Gasteiger partial charge in [0, 0.05) is 73.0 Å². The van der Waals surface area contributed by atoms with Gasteiger partial charge in [0.15, 0.2) is 0 Å². The maximum absolute atomic E-state index is 7.27. The fourth-order valence-corrected chi connectivity index (χ4v) is 14.2. The van der Waals surface area contributed by atoms with Crippen molar-refractivity contribution in [1.29, 1.82) is 0 Å². The lowest BCUT2D eigenvalue weighted by Crippen LogP contribution is -2.39. The van der Waals surface area contributed by atoms with E-state index < -0.39 is 0 Å². The second kappa shape index (κ2) is 17.4. The van der Waals surface area contributed by atoms with E-state index in [-0.39, 0.29) is 16.2 Å². The molecule has 0 bridgehead atoms. The molecular weight excluding hydrogens is 999 g/mol. The van der Waals surface area contributed by atoms with E-state index in [0.29, 0.717) is 6.67 Å². The van der Waals surface area contributed by atoms with Crippen LogP contribution in [-0.4, -0.2) is 20.8 Å². The number of aromatic nitrogens is 3. The molecule has 82 heavy (non-hydrogen) atoms. The second-order valence-corrected chi connectivity index (χ2v) is 24.8. The van der Waals surface area contributed by atoms with Gasteiger partial charge >= 0.3 is 0 Å². The summed E-state index contributed by atoms with van der Waals surface area (Å²) < 4.78 is 12.2. The molecule has 0 saturated carbocycles. The first kappa shape index (κ1) is 48.3. The molecule has 6 heterocycles. The third-order valence-electron chi connectivity index (χ3n) is 18.9. The molecule has 0 amide bonds. The Morgan fingerprint density at radius 3 is 1.82 bits per heavy atom. The van der Waals surface area contributed by atoms with Gasteiger partial charge in [-0.05, 0) is 99.0 Å². The monoisotopic (exact) mass is 1060 g/mol. The molecule has 0 N–H and O–H groups in total. The first-order chi connectivity index (χ1) is 39.8. The van der Waals surface area contributed by atoms with Gasteiger partial charge in [-0.2, -0.15) is 0 Å². The zero-order chi connectivity index (χ0) is 55.4. The number of fused-ring (bicyclic) bond motifs is 14. The number of benzene rings is 10. The predicted octanol–water partition coefficient (Wildman–Crippen LogP) is 20.2. The van der Waals surface area contributed by atoms with Gasteiger partial charge < -0.3 is 19.1 Å². The molecule has 396 valence electrons. The van der Waals surface area contributed by atoms with Crippen molar-refractivity contribution in [2.24, 2.45) is 0 Å². The molecule has 10 aromatic carbocycles. The molecule has 3 aliphatic heterocycles. The minimum atomic E-state index is -0.256. The van der Waals surface area contributed by atoms with Crippen molar-refractivity contribution in [3.05, 3.63) is 247 Å². The van der Waals surface area contributed by atoms with Gasteiger partial charge in [0.25, 0.3) is 0 Å². The SMILES string of the molecule is CC(C)(C)c1ccnc(-n2c3cc(Oc4ccc5c(c4)N4CN(c6c(-c7ccccc7)cccc6-c6ccccc6)c6cccc(c64)C(C)(C)C5(C)C)ccc3c3c4c(ccc32)-n2c3ccccc3c3cccc(c32)-c2ccccc2-4)c1. The summed E-state index contributed by atoms with van der Waals surface area (Å²) in [5.41, 5.74) is 23.3. The maximum Gasteiger partial charge on any atom is 0.137 e. The average Bonchev–Trinajstić information content (AvgIpc) is 1.89. The Hall–Kier alpha value is -9.65. The van der Waals surface area contributed by atoms with Crippen LogP contribution in [-0.2, 0) is 16.2 Å². The number of pyridine rings is 1. The summed E-state index contributed by atoms with van der Waals surface area (Å²) in [5.74, 6) is 2.40. The largest absolute Gasteiger partial charge is 0.457 e. The average molecular weight is 1060 g/mol. The van der Waals surface area contributed by atoms with Gasteiger partial charge in [-0.1, -0.05) is 206 Å². The van der Waals surface area contributed by atoms with E-state index >= 15 is 0 Å². The van der Waals surface area contributed by atoms with Crippen LogP contribution in [0.4, 0.5) is 22.7 Å². The lowest BCUT2D eigenvalue weighted by Gasteiger charge is -2.42. The molecule has 6 heteroatoms. The molecule has 0 saturated heterocycles. The highest BCUT2D eigenvalue weighted by Crippen LogP contribution is 2.61. The zero-order valence-corrected chi connectivity index (χ0v) is 47.3. The van der Waals surface area contributed by atoms with Crippen LogP contribution in [0.25, 0.3) is 99.6 Å². The van der Waals surface area contributed by atoms with E-state index in [1.54, 1.807) is 0 Å². The van der Waals surface area contributed by atoms with Crippen molar-refractivity contribution in [3.8, 4) is 67.5 Å². The zero-order valence-electron chi connectivity index (χ0n) is 47.3. The van der Waals surface area contributed by atoms with E-state index in [2.05, 4.69) is 292 Å². The van der Waals surface area contributed by atoms with Crippen molar-refractivity contribution in [1.82, 2.24) is 14.1 Å². The van der Waals surface area contributed by atoms with Crippen LogP contribution in [0, 0.1) is 0 Å². The normalized spacial score (nSPS) is 14.6. The highest BCUT2D eigenvalue weighted by molar-refractivity contribution is 6.23. The summed E-state index contributed by atoms with van der Waals surface area (Å²) in [7, 11) is 0. The fourth-order valence-electron chi connectivity index (χ4n) is 14.2. The predicted molar refractivity (Wildman–Crippen MR) is 342 cm³/mol. The third kappa shape index (κ3) is 6.84. The summed E-state index contributed by atoms with van der Waals surface area (Å²) >= 11 is 0. The van der Waals surface area contributed by atoms with Gasteiger partial charge in [0.2, 0.25) is 0 Å². The lowest BCUT2D eigenvalue weighted by molar-refractivity contribution is 0.307. The number of ether oxygens (including phenoxy) is 1. The summed E-state index contributed by atoms with van der Waals surface area (Å²) in [5, 5.41) is 4.82. The van der Waals surface area contributed by atoms with Crippen molar-refractivity contribution < 1.29 is 4.74 Å². The first-order valence-electron chi connectivity index (χ1n) is 28.8. The highest BCUT2D eigenvalue weighted by atomic mass is 16.5. The molecule has 0 atom stereocenters. The Balaban J connectivity index is 0.887. The number of anilines is 4. The van der Waals surface area contributed by atoms with Crippen LogP contribution >= 0.6 is 0 Å². The van der Waals surface area contributed by atoms with Crippen LogP contribution in [0.1, 0.15) is 65.2 Å². The van der Waals surface area contributed by atoms with Crippen molar-refractivity contribution in [3.63, 3.8) is 0 Å². The molecular formula is C76H61N5O. The van der Waals surface area contributed by atoms with E-state index in [9.17, 15) is 0 Å². The number of hydrogen-bond donors (Lipinski definition) is 0. The van der Waals surface area contributed by atoms with E-state index in [1.807, 2.05) is 6.20 Å². The summed E-state index contributed by atoms with van der Waals surface area (Å²) in [6, 6.07) is 82.6. The summed E-state index contributed by atoms with van der Waals surface area (Å²) in [6.07, 6.45) is 1.97. The fraction of sp³-hybridized carbons (Fsp3) is 0.145. The Labute approximate surface area is 478 Å². The molecule has 3 aliphatic rings. The second-order valence-electron chi connectivity index (χ2n) is 24.8. The molecule has 0 spiro atoms. The first-order valence-corrected chi connectivity index (χ1v) is 28.8. The quantitative estimate of drug-likeness (QED) is 0.166. The molecule has 0 unspecified atom stereocenters. The number of hydrogen-bond acceptors (Lipinski definition) is 4. The summed E-state index contributed by atoms with van der Waals surface area (Å²) in [6.45, 7) is 17.1. The van der Waals surface area contributed by atoms with Gasteiger partial charge in [0.1, 0.15) is 24.0 Å². The van der Waals surface area contributed by atoms with Crippen LogP contribution < -0.4 is 14.5 Å². The van der Waals surface area contributed by atoms with Crippen molar-refractivity contribution in [2.45, 2.75) is 64.7 Å². The standard InChI is InChI=1S/C76H61N5O/c1-74(2,3)49-41-42-77-68(43-49)80-63-39-40-64-69(56-27-15-14-25-54(56)57-30-19-31-58-55-26-16-17-33-62(55)81(64)72(57)58)70(63)59-37-35-50(44-66(59)80)82-51-36-38-60-67(45-51)79-46-78(65-34-20-32-61(73(65)79)76(6,7)75(60,4)5)71-52(47-21-10-8-11-22-47)28-18-29-53(71)48-23-12-9-13-24-48/h8-45H,46H2,1-7H3. The molecule has 0 radical (unpaired) electrons. The molecule has 0 fully saturated rings. The van der Waals surface area contributed by atoms with Crippen molar-refractivity contribution >= 4 is 66.4 Å². The minimum Gasteiger partial charge on any atom is -0.457 e. The number of nitrogens with zero attached hydrogens (tertiary/aromatic N) is 5. The molecule has 13 aromatic rings. The van der Waals surface area contributed by atoms with Crippen LogP contribution in [0.5, 0.6) is 11.5 Å². The Bertz CT molecular complexity index is 4750. The van der Waals surface area contributed by atoms with E-state index in [4.69, 9.17) is 9.72 Å². The number of para-hydroxylation sites is 4.